The second kappa shape index (κ2) is 7.58. The van der Waals surface area contributed by atoms with Crippen molar-refractivity contribution in [1.82, 2.24) is 0 Å². The van der Waals surface area contributed by atoms with Gasteiger partial charge in [0.25, 0.3) is 0 Å². The van der Waals surface area contributed by atoms with Gasteiger partial charge in [0.05, 0.1) is 0 Å². The van der Waals surface area contributed by atoms with Crippen molar-refractivity contribution in [3.8, 4) is 0 Å². The van der Waals surface area contributed by atoms with E-state index in [4.69, 9.17) is 0 Å². The summed E-state index contributed by atoms with van der Waals surface area (Å²) in [5, 5.41) is 2.12. The molecule has 1 heterocycles. The molecule has 0 spiro atoms. The van der Waals surface area contributed by atoms with Crippen LogP contribution in [0.25, 0.3) is 0 Å². The number of aldehydes is 1. The molecule has 4 heteroatoms. The summed E-state index contributed by atoms with van der Waals surface area (Å²) in [6, 6.07) is 0. The van der Waals surface area contributed by atoms with Gasteiger partial charge in [0.2, 0.25) is 0 Å². The first-order valence-corrected chi connectivity index (χ1v) is 7.57. The SMILES string of the molecule is O=CCCCCCCc1scc(Br)c1Br. The molecule has 84 valence electrons. The highest BCUT2D eigenvalue weighted by Gasteiger charge is 2.05. The average molecular weight is 354 g/mol. The fraction of sp³-hybridized carbons (Fsp3) is 0.545. The van der Waals surface area contributed by atoms with Gasteiger partial charge < -0.3 is 4.79 Å². The summed E-state index contributed by atoms with van der Waals surface area (Å²) in [6.45, 7) is 0. The van der Waals surface area contributed by atoms with E-state index in [-0.39, 0.29) is 0 Å². The van der Waals surface area contributed by atoms with Crippen molar-refractivity contribution in [1.29, 1.82) is 0 Å². The highest BCUT2D eigenvalue weighted by molar-refractivity contribution is 9.13. The van der Waals surface area contributed by atoms with E-state index in [2.05, 4.69) is 37.2 Å². The van der Waals surface area contributed by atoms with Gasteiger partial charge in [-0.1, -0.05) is 12.8 Å². The molecule has 0 aromatic carbocycles. The summed E-state index contributed by atoms with van der Waals surface area (Å²) in [7, 11) is 0. The molecule has 1 aromatic heterocycles. The van der Waals surface area contributed by atoms with E-state index < -0.39 is 0 Å². The molecule has 0 radical (unpaired) electrons. The lowest BCUT2D eigenvalue weighted by Crippen LogP contribution is -1.84. The quantitative estimate of drug-likeness (QED) is 0.499. The summed E-state index contributed by atoms with van der Waals surface area (Å²) in [6.07, 6.45) is 7.50. The number of hydrogen-bond acceptors (Lipinski definition) is 2. The van der Waals surface area contributed by atoms with Crippen LogP contribution in [0.2, 0.25) is 0 Å². The predicted molar refractivity (Wildman–Crippen MR) is 72.6 cm³/mol. The van der Waals surface area contributed by atoms with Crippen LogP contribution in [0.1, 0.15) is 37.0 Å². The Balaban J connectivity index is 2.15. The third kappa shape index (κ3) is 4.79. The fourth-order valence-electron chi connectivity index (χ4n) is 1.39. The van der Waals surface area contributed by atoms with Crippen LogP contribution >= 0.6 is 43.2 Å². The van der Waals surface area contributed by atoms with Crippen LogP contribution in [0.15, 0.2) is 14.3 Å². The van der Waals surface area contributed by atoms with Crippen LogP contribution < -0.4 is 0 Å². The maximum Gasteiger partial charge on any atom is 0.119 e. The summed E-state index contributed by atoms with van der Waals surface area (Å²) >= 11 is 8.84. The molecule has 0 N–H and O–H groups in total. The Morgan fingerprint density at radius 2 is 1.93 bits per heavy atom. The van der Waals surface area contributed by atoms with E-state index in [0.29, 0.717) is 6.42 Å². The molecule has 0 unspecified atom stereocenters. The van der Waals surface area contributed by atoms with Crippen LogP contribution in [0.3, 0.4) is 0 Å². The number of rotatable bonds is 7. The molecular formula is C11H14Br2OS. The minimum Gasteiger partial charge on any atom is -0.303 e. The Bertz CT molecular complexity index is 310. The van der Waals surface area contributed by atoms with Crippen molar-refractivity contribution in [3.05, 3.63) is 19.2 Å². The van der Waals surface area contributed by atoms with Gasteiger partial charge in [0.1, 0.15) is 6.29 Å². The highest BCUT2D eigenvalue weighted by atomic mass is 79.9. The molecule has 0 aliphatic heterocycles. The molecule has 0 aliphatic carbocycles. The van der Waals surface area contributed by atoms with Gasteiger partial charge in [-0.15, -0.1) is 11.3 Å². The molecule has 0 bridgehead atoms. The van der Waals surface area contributed by atoms with Crippen molar-refractivity contribution in [3.63, 3.8) is 0 Å². The maximum atomic E-state index is 10.1. The number of thiophene rings is 1. The summed E-state index contributed by atoms with van der Waals surface area (Å²) in [5.74, 6) is 0. The second-order valence-electron chi connectivity index (χ2n) is 3.44. The first kappa shape index (κ1) is 13.4. The standard InChI is InChI=1S/C11H14Br2OS/c12-9-8-15-10(11(9)13)6-4-2-1-3-5-7-14/h7-8H,1-6H2. The number of halogens is 2. The van der Waals surface area contributed by atoms with Crippen LogP contribution in [0, 0.1) is 0 Å². The average Bonchev–Trinajstić information content (AvgIpc) is 2.54. The summed E-state index contributed by atoms with van der Waals surface area (Å²) in [5.41, 5.74) is 0. The molecule has 1 nitrogen and oxygen atoms in total. The molecule has 0 atom stereocenters. The monoisotopic (exact) mass is 352 g/mol. The van der Waals surface area contributed by atoms with Crippen molar-refractivity contribution >= 4 is 49.5 Å². The van der Waals surface area contributed by atoms with Crippen LogP contribution in [0.4, 0.5) is 0 Å². The van der Waals surface area contributed by atoms with E-state index in [1.54, 1.807) is 11.3 Å². The van der Waals surface area contributed by atoms with Crippen LogP contribution in [0.5, 0.6) is 0 Å². The topological polar surface area (TPSA) is 17.1 Å². The summed E-state index contributed by atoms with van der Waals surface area (Å²) in [4.78, 5) is 11.5. The van der Waals surface area contributed by atoms with Crippen molar-refractivity contribution < 1.29 is 4.79 Å². The Morgan fingerprint density at radius 3 is 2.53 bits per heavy atom. The van der Waals surface area contributed by atoms with Crippen molar-refractivity contribution in [2.75, 3.05) is 0 Å². The van der Waals surface area contributed by atoms with Crippen molar-refractivity contribution in [2.24, 2.45) is 0 Å². The molecule has 1 rings (SSSR count). The number of aryl methyl sites for hydroxylation is 1. The van der Waals surface area contributed by atoms with Gasteiger partial charge in [-0.25, -0.2) is 0 Å². The van der Waals surface area contributed by atoms with Crippen LogP contribution in [-0.2, 0) is 11.2 Å². The molecule has 0 saturated heterocycles. The molecular weight excluding hydrogens is 340 g/mol. The first-order valence-electron chi connectivity index (χ1n) is 5.10. The number of hydrogen-bond donors (Lipinski definition) is 0. The maximum absolute atomic E-state index is 10.1. The minimum absolute atomic E-state index is 0.717. The predicted octanol–water partition coefficient (Wildman–Crippen LogP) is 4.97. The van der Waals surface area contributed by atoms with E-state index >= 15 is 0 Å². The zero-order chi connectivity index (χ0) is 11.1. The zero-order valence-electron chi connectivity index (χ0n) is 8.47. The molecule has 0 fully saturated rings. The number of unbranched alkanes of at least 4 members (excludes halogenated alkanes) is 4. The Morgan fingerprint density at radius 1 is 1.20 bits per heavy atom. The van der Waals surface area contributed by atoms with E-state index in [1.165, 1.54) is 28.6 Å². The second-order valence-corrected chi connectivity index (χ2v) is 6.05. The fourth-order valence-corrected chi connectivity index (χ4v) is 3.63. The third-order valence-corrected chi connectivity index (χ3v) is 5.91. The smallest absolute Gasteiger partial charge is 0.119 e. The lowest BCUT2D eigenvalue weighted by molar-refractivity contribution is -0.107. The number of carbonyl (C=O) groups excluding carboxylic acids is 1. The lowest BCUT2D eigenvalue weighted by atomic mass is 10.1. The van der Waals surface area contributed by atoms with E-state index in [1.807, 2.05) is 0 Å². The molecule has 15 heavy (non-hydrogen) atoms. The Labute approximate surface area is 112 Å². The van der Waals surface area contributed by atoms with E-state index in [9.17, 15) is 4.79 Å². The lowest BCUT2D eigenvalue weighted by Gasteiger charge is -1.99. The van der Waals surface area contributed by atoms with Gasteiger partial charge in [-0.3, -0.25) is 0 Å². The van der Waals surface area contributed by atoms with Gasteiger partial charge in [-0.2, -0.15) is 0 Å². The normalized spacial score (nSPS) is 10.5. The van der Waals surface area contributed by atoms with E-state index in [0.717, 1.165) is 23.6 Å². The first-order chi connectivity index (χ1) is 7.25. The molecule has 1 aromatic rings. The third-order valence-electron chi connectivity index (χ3n) is 2.23. The number of carbonyl (C=O) groups is 1. The van der Waals surface area contributed by atoms with Crippen LogP contribution in [-0.4, -0.2) is 6.29 Å². The Kier molecular flexibility index (Phi) is 6.77. The van der Waals surface area contributed by atoms with Gasteiger partial charge in [0.15, 0.2) is 0 Å². The Hall–Kier alpha value is 0.330. The van der Waals surface area contributed by atoms with Crippen molar-refractivity contribution in [2.45, 2.75) is 38.5 Å². The molecule has 0 amide bonds. The largest absolute Gasteiger partial charge is 0.303 e. The molecule has 0 saturated carbocycles. The zero-order valence-corrected chi connectivity index (χ0v) is 12.5. The van der Waals surface area contributed by atoms with Gasteiger partial charge in [-0.05, 0) is 51.1 Å². The highest BCUT2D eigenvalue weighted by Crippen LogP contribution is 2.33. The minimum atomic E-state index is 0.717. The van der Waals surface area contributed by atoms with Gasteiger partial charge >= 0.3 is 0 Å². The van der Waals surface area contributed by atoms with Gasteiger partial charge in [0, 0.05) is 25.6 Å². The molecule has 0 aliphatic rings. The summed E-state index contributed by atoms with van der Waals surface area (Å²) < 4.78 is 2.36.